The first-order chi connectivity index (χ1) is 8.01. The summed E-state index contributed by atoms with van der Waals surface area (Å²) < 4.78 is 0. The van der Waals surface area contributed by atoms with Gasteiger partial charge in [-0.3, -0.25) is 10.1 Å². The Kier molecular flexibility index (Phi) is 4.72. The van der Waals surface area contributed by atoms with E-state index in [9.17, 15) is 10.1 Å². The van der Waals surface area contributed by atoms with Gasteiger partial charge in [0.1, 0.15) is 5.02 Å². The van der Waals surface area contributed by atoms with Gasteiger partial charge in [-0.15, -0.1) is 0 Å². The third-order valence-electron chi connectivity index (χ3n) is 2.55. The zero-order chi connectivity index (χ0) is 13.0. The van der Waals surface area contributed by atoms with E-state index in [0.29, 0.717) is 13.1 Å². The number of aryl methyl sites for hydroxylation is 1. The van der Waals surface area contributed by atoms with Gasteiger partial charge in [-0.05, 0) is 25.5 Å². The minimum Gasteiger partial charge on any atom is -0.395 e. The molecule has 1 rings (SSSR count). The quantitative estimate of drug-likeness (QED) is 0.650. The lowest BCUT2D eigenvalue weighted by atomic mass is 10.1. The monoisotopic (exact) mass is 258 g/mol. The summed E-state index contributed by atoms with van der Waals surface area (Å²) in [4.78, 5) is 12.1. The molecule has 0 aromatic heterocycles. The molecule has 0 fully saturated rings. The number of hydrogen-bond acceptors (Lipinski definition) is 4. The number of nitro benzene ring substituents is 1. The van der Waals surface area contributed by atoms with Gasteiger partial charge in [0.05, 0.1) is 11.5 Å². The van der Waals surface area contributed by atoms with E-state index >= 15 is 0 Å². The SMILES string of the molecule is CCN(CCO)c1cc(Cl)c([N+](=O)[O-])cc1C. The smallest absolute Gasteiger partial charge is 0.288 e. The van der Waals surface area contributed by atoms with Crippen LogP contribution in [0.5, 0.6) is 0 Å². The lowest BCUT2D eigenvalue weighted by Crippen LogP contribution is -2.26. The van der Waals surface area contributed by atoms with Crippen molar-refractivity contribution in [1.29, 1.82) is 0 Å². The molecular formula is C11H15ClN2O3. The predicted octanol–water partition coefficient (Wildman–Crippen LogP) is 2.38. The number of benzene rings is 1. The van der Waals surface area contributed by atoms with E-state index in [1.807, 2.05) is 11.8 Å². The lowest BCUT2D eigenvalue weighted by Gasteiger charge is -2.24. The van der Waals surface area contributed by atoms with Gasteiger partial charge in [-0.25, -0.2) is 0 Å². The molecule has 0 unspecified atom stereocenters. The van der Waals surface area contributed by atoms with Crippen molar-refractivity contribution in [2.45, 2.75) is 13.8 Å². The lowest BCUT2D eigenvalue weighted by molar-refractivity contribution is -0.384. The molecule has 0 heterocycles. The molecule has 0 radical (unpaired) electrons. The summed E-state index contributed by atoms with van der Waals surface area (Å²) in [5.41, 5.74) is 1.50. The van der Waals surface area contributed by atoms with Crippen LogP contribution in [0.2, 0.25) is 5.02 Å². The molecule has 0 bridgehead atoms. The molecular weight excluding hydrogens is 244 g/mol. The van der Waals surface area contributed by atoms with Crippen molar-refractivity contribution in [3.8, 4) is 0 Å². The summed E-state index contributed by atoms with van der Waals surface area (Å²) in [6.07, 6.45) is 0. The average Bonchev–Trinajstić information content (AvgIpc) is 2.28. The van der Waals surface area contributed by atoms with Crippen LogP contribution in [0.25, 0.3) is 0 Å². The van der Waals surface area contributed by atoms with Gasteiger partial charge in [0.2, 0.25) is 0 Å². The van der Waals surface area contributed by atoms with Gasteiger partial charge in [0.15, 0.2) is 0 Å². The Morgan fingerprint density at radius 2 is 2.18 bits per heavy atom. The van der Waals surface area contributed by atoms with Crippen LogP contribution in [0.3, 0.4) is 0 Å². The number of nitro groups is 1. The summed E-state index contributed by atoms with van der Waals surface area (Å²) in [7, 11) is 0. The zero-order valence-corrected chi connectivity index (χ0v) is 10.6. The van der Waals surface area contributed by atoms with E-state index in [4.69, 9.17) is 16.7 Å². The highest BCUT2D eigenvalue weighted by molar-refractivity contribution is 6.33. The Bertz CT molecular complexity index is 423. The van der Waals surface area contributed by atoms with Crippen molar-refractivity contribution < 1.29 is 10.0 Å². The van der Waals surface area contributed by atoms with Gasteiger partial charge in [0, 0.05) is 24.8 Å². The maximum Gasteiger partial charge on any atom is 0.288 e. The van der Waals surface area contributed by atoms with Crippen molar-refractivity contribution in [3.63, 3.8) is 0 Å². The number of aliphatic hydroxyl groups excluding tert-OH is 1. The Balaban J connectivity index is 3.18. The normalized spacial score (nSPS) is 10.4. The topological polar surface area (TPSA) is 66.6 Å². The van der Waals surface area contributed by atoms with Crippen molar-refractivity contribution in [2.75, 3.05) is 24.6 Å². The molecule has 1 N–H and O–H groups in total. The van der Waals surface area contributed by atoms with Crippen molar-refractivity contribution in [1.82, 2.24) is 0 Å². The number of hydrogen-bond donors (Lipinski definition) is 1. The molecule has 0 atom stereocenters. The van der Waals surface area contributed by atoms with Crippen LogP contribution >= 0.6 is 11.6 Å². The fourth-order valence-electron chi connectivity index (χ4n) is 1.71. The summed E-state index contributed by atoms with van der Waals surface area (Å²) in [5, 5.41) is 19.8. The third kappa shape index (κ3) is 3.08. The third-order valence-corrected chi connectivity index (χ3v) is 2.86. The molecule has 5 nitrogen and oxygen atoms in total. The average molecular weight is 259 g/mol. The van der Waals surface area contributed by atoms with Crippen LogP contribution < -0.4 is 4.90 Å². The van der Waals surface area contributed by atoms with E-state index < -0.39 is 4.92 Å². The van der Waals surface area contributed by atoms with Crippen LogP contribution in [0, 0.1) is 17.0 Å². The van der Waals surface area contributed by atoms with Crippen LogP contribution in [-0.4, -0.2) is 29.7 Å². The van der Waals surface area contributed by atoms with Crippen molar-refractivity contribution >= 4 is 23.0 Å². The van der Waals surface area contributed by atoms with Gasteiger partial charge in [-0.2, -0.15) is 0 Å². The van der Waals surface area contributed by atoms with E-state index in [1.54, 1.807) is 13.0 Å². The van der Waals surface area contributed by atoms with E-state index in [2.05, 4.69) is 0 Å². The van der Waals surface area contributed by atoms with Gasteiger partial charge < -0.3 is 10.0 Å². The fraction of sp³-hybridized carbons (Fsp3) is 0.455. The number of anilines is 1. The predicted molar refractivity (Wildman–Crippen MR) is 67.8 cm³/mol. The number of rotatable bonds is 5. The zero-order valence-electron chi connectivity index (χ0n) is 9.81. The second-order valence-corrected chi connectivity index (χ2v) is 4.06. The summed E-state index contributed by atoms with van der Waals surface area (Å²) in [6, 6.07) is 3.03. The second kappa shape index (κ2) is 5.84. The van der Waals surface area contributed by atoms with Gasteiger partial charge in [0.25, 0.3) is 5.69 Å². The molecule has 0 saturated heterocycles. The van der Waals surface area contributed by atoms with Crippen LogP contribution in [0.15, 0.2) is 12.1 Å². The molecule has 1 aromatic carbocycles. The highest BCUT2D eigenvalue weighted by Gasteiger charge is 2.17. The van der Waals surface area contributed by atoms with E-state index in [1.165, 1.54) is 6.07 Å². The molecule has 0 saturated carbocycles. The first kappa shape index (κ1) is 13.7. The van der Waals surface area contributed by atoms with Crippen LogP contribution in [0.4, 0.5) is 11.4 Å². The highest BCUT2D eigenvalue weighted by Crippen LogP contribution is 2.32. The first-order valence-corrected chi connectivity index (χ1v) is 5.69. The molecule has 0 aliphatic heterocycles. The standard InChI is InChI=1S/C11H15ClN2O3/c1-3-13(4-5-15)10-7-9(12)11(14(16)17)6-8(10)2/h6-7,15H,3-5H2,1-2H3. The second-order valence-electron chi connectivity index (χ2n) is 3.65. The van der Waals surface area contributed by atoms with Crippen LogP contribution in [-0.2, 0) is 0 Å². The van der Waals surface area contributed by atoms with Crippen molar-refractivity contribution in [3.05, 3.63) is 32.8 Å². The van der Waals surface area contributed by atoms with Crippen molar-refractivity contribution in [2.24, 2.45) is 0 Å². The molecule has 0 spiro atoms. The minimum absolute atomic E-state index is 0.0296. The summed E-state index contributed by atoms with van der Waals surface area (Å²) >= 11 is 5.87. The van der Waals surface area contributed by atoms with Gasteiger partial charge in [-0.1, -0.05) is 11.6 Å². The largest absolute Gasteiger partial charge is 0.395 e. The van der Waals surface area contributed by atoms with E-state index in [-0.39, 0.29) is 17.3 Å². The molecule has 6 heteroatoms. The highest BCUT2D eigenvalue weighted by atomic mass is 35.5. The Morgan fingerprint density at radius 1 is 1.53 bits per heavy atom. The number of nitrogens with zero attached hydrogens (tertiary/aromatic N) is 2. The summed E-state index contributed by atoms with van der Waals surface area (Å²) in [5.74, 6) is 0. The minimum atomic E-state index is -0.499. The maximum atomic E-state index is 10.7. The van der Waals surface area contributed by atoms with E-state index in [0.717, 1.165) is 11.3 Å². The Morgan fingerprint density at radius 3 is 2.65 bits per heavy atom. The molecule has 0 amide bonds. The number of aliphatic hydroxyl groups is 1. The molecule has 1 aromatic rings. The maximum absolute atomic E-state index is 10.7. The number of halogens is 1. The molecule has 0 aliphatic carbocycles. The summed E-state index contributed by atoms with van der Waals surface area (Å²) in [6.45, 7) is 4.95. The Hall–Kier alpha value is -1.33. The first-order valence-electron chi connectivity index (χ1n) is 5.31. The fourth-order valence-corrected chi connectivity index (χ4v) is 1.93. The van der Waals surface area contributed by atoms with Crippen LogP contribution in [0.1, 0.15) is 12.5 Å². The molecule has 0 aliphatic rings. The molecule has 94 valence electrons. The molecule has 17 heavy (non-hydrogen) atoms. The number of likely N-dealkylation sites (N-methyl/N-ethyl adjacent to an activating group) is 1. The van der Waals surface area contributed by atoms with Gasteiger partial charge >= 0.3 is 0 Å². The Labute approximate surface area is 105 Å².